The van der Waals surface area contributed by atoms with Gasteiger partial charge >= 0.3 is 0 Å². The molecule has 7 heteroatoms. The van der Waals surface area contributed by atoms with Crippen molar-refractivity contribution in [2.45, 2.75) is 13.0 Å². The summed E-state index contributed by atoms with van der Waals surface area (Å²) in [5.41, 5.74) is 3.74. The van der Waals surface area contributed by atoms with Crippen molar-refractivity contribution in [2.75, 3.05) is 13.7 Å². The van der Waals surface area contributed by atoms with E-state index in [9.17, 15) is 0 Å². The molecule has 122 valence electrons. The Morgan fingerprint density at radius 3 is 2.91 bits per heavy atom. The molecule has 0 saturated carbocycles. The minimum atomic E-state index is 0.112. The molecule has 1 heterocycles. The molecule has 1 aromatic heterocycles. The Morgan fingerprint density at radius 2 is 2.17 bits per heavy atom. The highest BCUT2D eigenvalue weighted by atomic mass is 79.9. The molecule has 2 rings (SSSR count). The van der Waals surface area contributed by atoms with Crippen LogP contribution in [0.2, 0.25) is 0 Å². The van der Waals surface area contributed by atoms with Gasteiger partial charge in [-0.05, 0) is 37.3 Å². The molecule has 0 fully saturated rings. The highest BCUT2D eigenvalue weighted by molar-refractivity contribution is 9.10. The van der Waals surface area contributed by atoms with E-state index >= 15 is 0 Å². The van der Waals surface area contributed by atoms with Crippen LogP contribution in [0.3, 0.4) is 0 Å². The van der Waals surface area contributed by atoms with Gasteiger partial charge in [-0.2, -0.15) is 5.10 Å². The number of methoxy groups -OCH3 is 1. The monoisotopic (exact) mass is 395 g/mol. The lowest BCUT2D eigenvalue weighted by atomic mass is 10.2. The second-order valence-electron chi connectivity index (χ2n) is 4.88. The lowest BCUT2D eigenvalue weighted by molar-refractivity contribution is 0.179. The Labute approximate surface area is 149 Å². The fourth-order valence-corrected chi connectivity index (χ4v) is 2.66. The summed E-state index contributed by atoms with van der Waals surface area (Å²) in [5, 5.41) is 7.54. The van der Waals surface area contributed by atoms with E-state index in [0.717, 1.165) is 15.8 Å². The van der Waals surface area contributed by atoms with Crippen LogP contribution in [0.4, 0.5) is 0 Å². The van der Waals surface area contributed by atoms with E-state index < -0.39 is 0 Å². The maximum atomic E-state index is 5.75. The van der Waals surface area contributed by atoms with Gasteiger partial charge in [-0.15, -0.1) is 0 Å². The van der Waals surface area contributed by atoms with Crippen LogP contribution < -0.4 is 10.7 Å². The predicted molar refractivity (Wildman–Crippen MR) is 99.6 cm³/mol. The van der Waals surface area contributed by atoms with Gasteiger partial charge in [-0.25, -0.2) is 0 Å². The number of ether oxygens (including phenoxy) is 1. The SMILES string of the molecule is COC[C@@H](C)NC(=S)N/N=C\c1ccc(-c2ccccc2Br)o1. The molecule has 0 amide bonds. The molecular formula is C16H18BrN3O2S. The summed E-state index contributed by atoms with van der Waals surface area (Å²) >= 11 is 8.64. The van der Waals surface area contributed by atoms with E-state index in [1.54, 1.807) is 13.3 Å². The van der Waals surface area contributed by atoms with Gasteiger partial charge < -0.3 is 14.5 Å². The normalized spacial score (nSPS) is 12.3. The summed E-state index contributed by atoms with van der Waals surface area (Å²) in [6.07, 6.45) is 1.58. The molecule has 0 saturated heterocycles. The summed E-state index contributed by atoms with van der Waals surface area (Å²) < 4.78 is 11.8. The van der Waals surface area contributed by atoms with Crippen LogP contribution in [0.15, 0.2) is 50.4 Å². The average Bonchev–Trinajstić information content (AvgIpc) is 2.96. The Morgan fingerprint density at radius 1 is 1.39 bits per heavy atom. The molecule has 0 spiro atoms. The van der Waals surface area contributed by atoms with E-state index in [-0.39, 0.29) is 6.04 Å². The molecule has 0 aliphatic rings. The molecule has 23 heavy (non-hydrogen) atoms. The van der Waals surface area contributed by atoms with Crippen molar-refractivity contribution < 1.29 is 9.15 Å². The number of nitrogens with one attached hydrogen (secondary N) is 2. The number of rotatable bonds is 6. The van der Waals surface area contributed by atoms with Crippen molar-refractivity contribution in [3.05, 3.63) is 46.6 Å². The Balaban J connectivity index is 1.92. The lowest BCUT2D eigenvalue weighted by Crippen LogP contribution is -2.40. The summed E-state index contributed by atoms with van der Waals surface area (Å²) in [6.45, 7) is 2.54. The predicted octanol–water partition coefficient (Wildman–Crippen LogP) is 3.54. The molecule has 0 aliphatic carbocycles. The molecule has 2 N–H and O–H groups in total. The van der Waals surface area contributed by atoms with E-state index in [4.69, 9.17) is 21.4 Å². The van der Waals surface area contributed by atoms with Gasteiger partial charge in [0.05, 0.1) is 12.8 Å². The summed E-state index contributed by atoms with van der Waals surface area (Å²) in [6, 6.07) is 11.7. The minimum Gasteiger partial charge on any atom is -0.455 e. The van der Waals surface area contributed by atoms with Crippen LogP contribution in [0.25, 0.3) is 11.3 Å². The van der Waals surface area contributed by atoms with Gasteiger partial charge in [0.25, 0.3) is 0 Å². The van der Waals surface area contributed by atoms with Gasteiger partial charge in [0.1, 0.15) is 11.5 Å². The maximum Gasteiger partial charge on any atom is 0.187 e. The van der Waals surface area contributed by atoms with Crippen molar-refractivity contribution >= 4 is 39.5 Å². The third-order valence-electron chi connectivity index (χ3n) is 2.92. The van der Waals surface area contributed by atoms with Gasteiger partial charge in [-0.1, -0.05) is 34.1 Å². The molecule has 2 aromatic rings. The third-order valence-corrected chi connectivity index (χ3v) is 3.82. The van der Waals surface area contributed by atoms with Crippen LogP contribution in [0.1, 0.15) is 12.7 Å². The van der Waals surface area contributed by atoms with E-state index in [1.807, 2.05) is 43.3 Å². The van der Waals surface area contributed by atoms with Crippen LogP contribution in [-0.4, -0.2) is 31.1 Å². The Bertz CT molecular complexity index is 687. The van der Waals surface area contributed by atoms with Gasteiger partial charge in [-0.3, -0.25) is 5.43 Å². The number of thiocarbonyl (C=S) groups is 1. The van der Waals surface area contributed by atoms with Crippen molar-refractivity contribution in [1.82, 2.24) is 10.7 Å². The summed E-state index contributed by atoms with van der Waals surface area (Å²) in [7, 11) is 1.65. The van der Waals surface area contributed by atoms with Crippen LogP contribution in [-0.2, 0) is 4.74 Å². The first kappa shape index (κ1) is 17.7. The number of hydrogen-bond donors (Lipinski definition) is 2. The second-order valence-corrected chi connectivity index (χ2v) is 6.14. The number of hydrazone groups is 1. The first-order valence-corrected chi connectivity index (χ1v) is 8.23. The van der Waals surface area contributed by atoms with Crippen molar-refractivity contribution in [3.63, 3.8) is 0 Å². The van der Waals surface area contributed by atoms with Crippen LogP contribution >= 0.6 is 28.1 Å². The molecule has 0 unspecified atom stereocenters. The van der Waals surface area contributed by atoms with Crippen molar-refractivity contribution in [1.29, 1.82) is 0 Å². The van der Waals surface area contributed by atoms with Crippen LogP contribution in [0.5, 0.6) is 0 Å². The van der Waals surface area contributed by atoms with E-state index in [1.165, 1.54) is 0 Å². The lowest BCUT2D eigenvalue weighted by Gasteiger charge is -2.13. The van der Waals surface area contributed by atoms with E-state index in [2.05, 4.69) is 31.8 Å². The fraction of sp³-hybridized carbons (Fsp3) is 0.250. The topological polar surface area (TPSA) is 58.8 Å². The molecule has 0 bridgehead atoms. The number of nitrogens with zero attached hydrogens (tertiary/aromatic N) is 1. The van der Waals surface area contributed by atoms with E-state index in [0.29, 0.717) is 17.5 Å². The third kappa shape index (κ3) is 5.46. The van der Waals surface area contributed by atoms with Crippen molar-refractivity contribution in [3.8, 4) is 11.3 Å². The van der Waals surface area contributed by atoms with Gasteiger partial charge in [0, 0.05) is 23.2 Å². The molecule has 5 nitrogen and oxygen atoms in total. The second kappa shape index (κ2) is 8.81. The first-order chi connectivity index (χ1) is 11.1. The Hall–Kier alpha value is -1.70. The van der Waals surface area contributed by atoms with Crippen molar-refractivity contribution in [2.24, 2.45) is 5.10 Å². The van der Waals surface area contributed by atoms with Gasteiger partial charge in [0.15, 0.2) is 5.11 Å². The first-order valence-electron chi connectivity index (χ1n) is 7.03. The van der Waals surface area contributed by atoms with Gasteiger partial charge in [0.2, 0.25) is 0 Å². The zero-order valence-electron chi connectivity index (χ0n) is 12.9. The average molecular weight is 396 g/mol. The highest BCUT2D eigenvalue weighted by Gasteiger charge is 2.07. The zero-order valence-corrected chi connectivity index (χ0v) is 15.3. The number of halogens is 1. The summed E-state index contributed by atoms with van der Waals surface area (Å²) in [5.74, 6) is 1.41. The molecular weight excluding hydrogens is 378 g/mol. The minimum absolute atomic E-state index is 0.112. The maximum absolute atomic E-state index is 5.75. The standard InChI is InChI=1S/C16H18BrN3O2S/c1-11(10-21-2)19-16(23)20-18-9-12-7-8-15(22-12)13-5-3-4-6-14(13)17/h3-9,11H,10H2,1-2H3,(H2,19,20,23)/b18-9-/t11-/m1/s1. The highest BCUT2D eigenvalue weighted by Crippen LogP contribution is 2.28. The largest absolute Gasteiger partial charge is 0.455 e. The quantitative estimate of drug-likeness (QED) is 0.444. The molecule has 1 atom stereocenters. The fourth-order valence-electron chi connectivity index (χ4n) is 1.93. The van der Waals surface area contributed by atoms with Crippen LogP contribution in [0, 0.1) is 0 Å². The summed E-state index contributed by atoms with van der Waals surface area (Å²) in [4.78, 5) is 0. The number of hydrogen-bond acceptors (Lipinski definition) is 4. The zero-order chi connectivity index (χ0) is 16.7. The molecule has 0 radical (unpaired) electrons. The smallest absolute Gasteiger partial charge is 0.187 e. The number of furan rings is 1. The number of benzene rings is 1. The molecule has 1 aromatic carbocycles. The molecule has 0 aliphatic heterocycles. The Kier molecular flexibility index (Phi) is 6.76.